The first-order valence-electron chi connectivity index (χ1n) is 10.4. The number of aromatic nitrogens is 2. The largest absolute Gasteiger partial charge is 0.273 e. The van der Waals surface area contributed by atoms with E-state index in [-0.39, 0.29) is 23.1 Å². The van der Waals surface area contributed by atoms with Crippen molar-refractivity contribution >= 4 is 22.9 Å². The highest BCUT2D eigenvalue weighted by molar-refractivity contribution is 5.91. The van der Waals surface area contributed by atoms with Crippen LogP contribution in [0.2, 0.25) is 0 Å². The number of benzene rings is 2. The van der Waals surface area contributed by atoms with E-state index in [4.69, 9.17) is 0 Å². The van der Waals surface area contributed by atoms with Gasteiger partial charge in [0.1, 0.15) is 5.82 Å². The zero-order valence-corrected chi connectivity index (χ0v) is 17.5. The molecule has 2 heterocycles. The van der Waals surface area contributed by atoms with Gasteiger partial charge in [-0.2, -0.15) is 5.10 Å². The van der Waals surface area contributed by atoms with Gasteiger partial charge in [-0.05, 0) is 65.4 Å². The SMILES string of the molecule is CC1(c2ccc(-c3ccc(F)cc3)nc2)CC1C(=O)N/N=C/c1ccc2cnccc2c1. The van der Waals surface area contributed by atoms with Crippen LogP contribution in [-0.2, 0) is 10.2 Å². The molecule has 1 saturated carbocycles. The molecule has 2 aromatic carbocycles. The second-order valence-electron chi connectivity index (χ2n) is 8.33. The number of hydrogen-bond acceptors (Lipinski definition) is 4. The summed E-state index contributed by atoms with van der Waals surface area (Å²) in [6, 6.07) is 18.0. The molecule has 1 aliphatic carbocycles. The first kappa shape index (κ1) is 20.0. The second kappa shape index (κ2) is 7.96. The first-order valence-corrected chi connectivity index (χ1v) is 10.4. The molecule has 1 amide bonds. The van der Waals surface area contributed by atoms with Crippen molar-refractivity contribution in [3.05, 3.63) is 96.2 Å². The quantitative estimate of drug-likeness (QED) is 0.367. The molecule has 2 aromatic heterocycles. The summed E-state index contributed by atoms with van der Waals surface area (Å²) < 4.78 is 13.1. The molecule has 0 spiro atoms. The summed E-state index contributed by atoms with van der Waals surface area (Å²) in [5.74, 6) is -0.526. The Morgan fingerprint density at radius 1 is 1.09 bits per heavy atom. The van der Waals surface area contributed by atoms with Crippen molar-refractivity contribution in [1.82, 2.24) is 15.4 Å². The molecule has 4 aromatic rings. The molecule has 0 radical (unpaired) electrons. The maximum absolute atomic E-state index is 13.1. The molecule has 0 bridgehead atoms. The molecule has 1 aliphatic rings. The van der Waals surface area contributed by atoms with E-state index in [9.17, 15) is 9.18 Å². The maximum Gasteiger partial charge on any atom is 0.244 e. The van der Waals surface area contributed by atoms with Gasteiger partial charge < -0.3 is 0 Å². The van der Waals surface area contributed by atoms with E-state index in [1.54, 1.807) is 30.7 Å². The van der Waals surface area contributed by atoms with Crippen LogP contribution in [0.15, 0.2) is 84.4 Å². The lowest BCUT2D eigenvalue weighted by Crippen LogP contribution is -2.23. The van der Waals surface area contributed by atoms with Gasteiger partial charge in [-0.15, -0.1) is 0 Å². The Kier molecular flexibility index (Phi) is 4.98. The number of pyridine rings is 2. The number of hydrogen-bond donors (Lipinski definition) is 1. The number of amides is 1. The van der Waals surface area contributed by atoms with Gasteiger partial charge in [-0.3, -0.25) is 14.8 Å². The van der Waals surface area contributed by atoms with E-state index < -0.39 is 0 Å². The van der Waals surface area contributed by atoms with E-state index in [0.29, 0.717) is 0 Å². The summed E-state index contributed by atoms with van der Waals surface area (Å²) in [5.41, 5.74) is 5.95. The number of rotatable bonds is 5. The highest BCUT2D eigenvalue weighted by Crippen LogP contribution is 2.54. The van der Waals surface area contributed by atoms with Gasteiger partial charge in [0.2, 0.25) is 5.91 Å². The van der Waals surface area contributed by atoms with Gasteiger partial charge in [-0.1, -0.05) is 25.1 Å². The van der Waals surface area contributed by atoms with Crippen molar-refractivity contribution in [3.63, 3.8) is 0 Å². The van der Waals surface area contributed by atoms with Crippen molar-refractivity contribution in [1.29, 1.82) is 0 Å². The molecule has 2 atom stereocenters. The normalized spacial score (nSPS) is 19.9. The van der Waals surface area contributed by atoms with Gasteiger partial charge in [0.15, 0.2) is 0 Å². The third kappa shape index (κ3) is 3.87. The lowest BCUT2D eigenvalue weighted by atomic mass is 9.96. The monoisotopic (exact) mass is 424 g/mol. The Labute approximate surface area is 185 Å². The Balaban J connectivity index is 1.23. The van der Waals surface area contributed by atoms with Crippen LogP contribution in [0, 0.1) is 11.7 Å². The number of halogens is 1. The molecule has 32 heavy (non-hydrogen) atoms. The van der Waals surface area contributed by atoms with E-state index in [2.05, 4.69) is 27.4 Å². The average Bonchev–Trinajstić information content (AvgIpc) is 3.52. The van der Waals surface area contributed by atoms with Crippen LogP contribution in [0.1, 0.15) is 24.5 Å². The summed E-state index contributed by atoms with van der Waals surface area (Å²) in [6.45, 7) is 2.06. The van der Waals surface area contributed by atoms with Crippen LogP contribution < -0.4 is 5.43 Å². The Morgan fingerprint density at radius 2 is 1.94 bits per heavy atom. The van der Waals surface area contributed by atoms with E-state index in [1.807, 2.05) is 42.6 Å². The van der Waals surface area contributed by atoms with Crippen molar-refractivity contribution in [2.45, 2.75) is 18.8 Å². The molecule has 158 valence electrons. The van der Waals surface area contributed by atoms with Crippen molar-refractivity contribution in [2.75, 3.05) is 0 Å². The predicted octanol–water partition coefficient (Wildman–Crippen LogP) is 4.86. The van der Waals surface area contributed by atoms with Crippen LogP contribution in [0.4, 0.5) is 4.39 Å². The lowest BCUT2D eigenvalue weighted by Gasteiger charge is -2.11. The molecular weight excluding hydrogens is 403 g/mol. The van der Waals surface area contributed by atoms with Crippen LogP contribution in [0.5, 0.6) is 0 Å². The van der Waals surface area contributed by atoms with Gasteiger partial charge >= 0.3 is 0 Å². The first-order chi connectivity index (χ1) is 15.5. The molecule has 0 saturated heterocycles. The fourth-order valence-corrected chi connectivity index (χ4v) is 4.02. The molecule has 6 heteroatoms. The fraction of sp³-hybridized carbons (Fsp3) is 0.154. The number of nitrogens with one attached hydrogen (secondary N) is 1. The lowest BCUT2D eigenvalue weighted by molar-refractivity contribution is -0.122. The molecule has 5 nitrogen and oxygen atoms in total. The Morgan fingerprint density at radius 3 is 2.72 bits per heavy atom. The van der Waals surface area contributed by atoms with Crippen molar-refractivity contribution in [3.8, 4) is 11.3 Å². The standard InChI is InChI=1S/C26H21FN4O/c1-26(21-6-9-24(29-16-21)18-4-7-22(27)8-5-18)13-23(26)25(32)31-30-14-17-2-3-20-15-28-11-10-19(20)12-17/h2-12,14-16,23H,13H2,1H3,(H,31,32)/b30-14+. The van der Waals surface area contributed by atoms with Crippen LogP contribution in [0.25, 0.3) is 22.0 Å². The Bertz CT molecular complexity index is 1320. The zero-order valence-electron chi connectivity index (χ0n) is 17.5. The van der Waals surface area contributed by atoms with Gasteiger partial charge in [0.25, 0.3) is 0 Å². The summed E-state index contributed by atoms with van der Waals surface area (Å²) in [7, 11) is 0. The minimum Gasteiger partial charge on any atom is -0.273 e. The molecule has 1 N–H and O–H groups in total. The van der Waals surface area contributed by atoms with Gasteiger partial charge in [0.05, 0.1) is 17.8 Å². The minimum atomic E-state index is -0.273. The predicted molar refractivity (Wildman–Crippen MR) is 123 cm³/mol. The smallest absolute Gasteiger partial charge is 0.244 e. The Hall–Kier alpha value is -3.93. The van der Waals surface area contributed by atoms with E-state index in [1.165, 1.54) is 12.1 Å². The van der Waals surface area contributed by atoms with Crippen molar-refractivity contribution < 1.29 is 9.18 Å². The topological polar surface area (TPSA) is 67.2 Å². The molecular formula is C26H21FN4O. The number of carbonyl (C=O) groups excluding carboxylic acids is 1. The molecule has 1 fully saturated rings. The molecule has 2 unspecified atom stereocenters. The summed E-state index contributed by atoms with van der Waals surface area (Å²) in [5, 5.41) is 6.27. The van der Waals surface area contributed by atoms with Crippen molar-refractivity contribution in [2.24, 2.45) is 11.0 Å². The summed E-state index contributed by atoms with van der Waals surface area (Å²) in [4.78, 5) is 21.3. The number of hydrazone groups is 1. The minimum absolute atomic E-state index is 0.101. The van der Waals surface area contributed by atoms with Crippen LogP contribution in [-0.4, -0.2) is 22.1 Å². The zero-order chi connectivity index (χ0) is 22.1. The second-order valence-corrected chi connectivity index (χ2v) is 8.33. The van der Waals surface area contributed by atoms with Crippen LogP contribution >= 0.6 is 0 Å². The molecule has 0 aliphatic heterocycles. The number of carbonyl (C=O) groups is 1. The maximum atomic E-state index is 13.1. The number of fused-ring (bicyclic) bond motifs is 1. The highest BCUT2D eigenvalue weighted by Gasteiger charge is 2.55. The average molecular weight is 424 g/mol. The fourth-order valence-electron chi connectivity index (χ4n) is 4.02. The third-order valence-corrected chi connectivity index (χ3v) is 6.17. The van der Waals surface area contributed by atoms with Gasteiger partial charge in [0, 0.05) is 35.0 Å². The van der Waals surface area contributed by atoms with Crippen LogP contribution in [0.3, 0.4) is 0 Å². The molecule has 5 rings (SSSR count). The number of nitrogens with zero attached hydrogens (tertiary/aromatic N) is 3. The summed E-state index contributed by atoms with van der Waals surface area (Å²) in [6.07, 6.45) is 7.76. The highest BCUT2D eigenvalue weighted by atomic mass is 19.1. The third-order valence-electron chi connectivity index (χ3n) is 6.17. The van der Waals surface area contributed by atoms with E-state index >= 15 is 0 Å². The summed E-state index contributed by atoms with van der Waals surface area (Å²) >= 11 is 0. The van der Waals surface area contributed by atoms with Gasteiger partial charge in [-0.25, -0.2) is 9.82 Å². The van der Waals surface area contributed by atoms with E-state index in [0.717, 1.165) is 39.6 Å².